The summed E-state index contributed by atoms with van der Waals surface area (Å²) in [6.07, 6.45) is -4.62. The molecule has 7 rings (SSSR count). The molecule has 0 N–H and O–H groups in total. The number of halogens is 3. The van der Waals surface area contributed by atoms with Gasteiger partial charge in [-0.25, -0.2) is 4.98 Å². The molecule has 0 amide bonds. The molecule has 0 bridgehead atoms. The predicted octanol–water partition coefficient (Wildman–Crippen LogP) is 7.20. The first kappa shape index (κ1) is 20.2. The Bertz CT molecular complexity index is 1960. The molecule has 3 nitrogen and oxygen atoms in total. The third-order valence-electron chi connectivity index (χ3n) is 7.16. The summed E-state index contributed by atoms with van der Waals surface area (Å²) < 4.78 is 47.4. The van der Waals surface area contributed by atoms with Crippen LogP contribution in [-0.2, 0) is 13.2 Å². The molecule has 0 aliphatic heterocycles. The molecule has 0 aliphatic carbocycles. The lowest BCUT2D eigenvalue weighted by molar-refractivity contribution is -0.634. The molecule has 6 heteroatoms. The van der Waals surface area contributed by atoms with Crippen molar-refractivity contribution < 1.29 is 17.7 Å². The van der Waals surface area contributed by atoms with Gasteiger partial charge in [0.15, 0.2) is 0 Å². The first-order valence-corrected chi connectivity index (χ1v) is 11.4. The molecule has 0 radical (unpaired) electrons. The van der Waals surface area contributed by atoms with Crippen molar-refractivity contribution in [2.24, 2.45) is 7.05 Å². The van der Waals surface area contributed by atoms with E-state index in [4.69, 9.17) is 0 Å². The normalized spacial score (nSPS) is 12.7. The van der Waals surface area contributed by atoms with Crippen LogP contribution in [0.4, 0.5) is 13.2 Å². The highest BCUT2D eigenvalue weighted by atomic mass is 19.4. The third kappa shape index (κ3) is 2.62. The van der Waals surface area contributed by atoms with E-state index in [1.807, 2.05) is 73.7 Å². The minimum atomic E-state index is -4.62. The van der Waals surface area contributed by atoms with Gasteiger partial charge in [-0.15, -0.1) is 0 Å². The minimum Gasteiger partial charge on any atom is -0.312 e. The Morgan fingerprint density at radius 3 is 2.23 bits per heavy atom. The second-order valence-corrected chi connectivity index (χ2v) is 9.07. The number of fused-ring (bicyclic) bond motifs is 5. The number of hydrogen-bond acceptors (Lipinski definition) is 1. The Balaban J connectivity index is 1.69. The molecule has 3 aromatic heterocycles. The van der Waals surface area contributed by atoms with Crippen LogP contribution in [-0.4, -0.2) is 9.38 Å². The van der Waals surface area contributed by atoms with Gasteiger partial charge >= 0.3 is 6.18 Å². The number of nitrogens with zero attached hydrogens (tertiary/aromatic N) is 3. The highest BCUT2D eigenvalue weighted by Crippen LogP contribution is 2.44. The van der Waals surface area contributed by atoms with E-state index in [2.05, 4.69) is 15.5 Å². The molecule has 0 saturated heterocycles. The topological polar surface area (TPSA) is 21.2 Å². The fourth-order valence-corrected chi connectivity index (χ4v) is 5.69. The Morgan fingerprint density at radius 1 is 0.800 bits per heavy atom. The fraction of sp³-hybridized carbons (Fsp3) is 0.103. The summed E-state index contributed by atoms with van der Waals surface area (Å²) in [5.74, 6) is 0. The molecule has 35 heavy (non-hydrogen) atoms. The molecular weight excluding hydrogens is 447 g/mol. The van der Waals surface area contributed by atoms with Gasteiger partial charge in [-0.3, -0.25) is 0 Å². The van der Waals surface area contributed by atoms with E-state index in [1.165, 1.54) is 0 Å². The zero-order chi connectivity index (χ0) is 24.1. The van der Waals surface area contributed by atoms with E-state index >= 15 is 0 Å². The van der Waals surface area contributed by atoms with Gasteiger partial charge in [0.1, 0.15) is 12.6 Å². The average molecular weight is 466 g/mol. The first-order chi connectivity index (χ1) is 16.8. The summed E-state index contributed by atoms with van der Waals surface area (Å²) in [5, 5.41) is 4.73. The molecule has 7 aromatic rings. The van der Waals surface area contributed by atoms with Crippen molar-refractivity contribution in [3.05, 3.63) is 90.3 Å². The maximum atomic E-state index is 14.5. The van der Waals surface area contributed by atoms with E-state index < -0.39 is 11.9 Å². The molecular formula is C29H19F3N3+. The van der Waals surface area contributed by atoms with E-state index in [0.717, 1.165) is 43.7 Å². The van der Waals surface area contributed by atoms with E-state index in [9.17, 15) is 13.2 Å². The zero-order valence-electron chi connectivity index (χ0n) is 19.0. The van der Waals surface area contributed by atoms with Crippen molar-refractivity contribution in [3.8, 4) is 11.3 Å². The maximum Gasteiger partial charge on any atom is 0.440 e. The van der Waals surface area contributed by atoms with Crippen LogP contribution in [0.25, 0.3) is 60.3 Å². The molecule has 0 aliphatic rings. The monoisotopic (exact) mass is 466 g/mol. The summed E-state index contributed by atoms with van der Waals surface area (Å²) >= 11 is 0. The van der Waals surface area contributed by atoms with Crippen LogP contribution in [0.3, 0.4) is 0 Å². The van der Waals surface area contributed by atoms with Gasteiger partial charge in [-0.2, -0.15) is 17.7 Å². The van der Waals surface area contributed by atoms with Crippen molar-refractivity contribution in [3.63, 3.8) is 0 Å². The SMILES string of the molecule is Cc1c(-c2c(C(F)(F)F)nc3cc4ccccc4cc3[n+]2C)c2cccc3c4ccccc4n1c23. The van der Waals surface area contributed by atoms with Crippen LogP contribution < -0.4 is 4.57 Å². The Kier molecular flexibility index (Phi) is 3.86. The Labute approximate surface area is 198 Å². The molecule has 0 spiro atoms. The van der Waals surface area contributed by atoms with Gasteiger partial charge in [0.25, 0.3) is 0 Å². The number of aromatic nitrogens is 3. The van der Waals surface area contributed by atoms with Crippen molar-refractivity contribution in [2.45, 2.75) is 13.1 Å². The number of hydrogen-bond donors (Lipinski definition) is 0. The molecule has 0 atom stereocenters. The Morgan fingerprint density at radius 2 is 1.46 bits per heavy atom. The second-order valence-electron chi connectivity index (χ2n) is 9.07. The van der Waals surface area contributed by atoms with Crippen molar-refractivity contribution in [1.29, 1.82) is 0 Å². The Hall–Kier alpha value is -4.19. The fourth-order valence-electron chi connectivity index (χ4n) is 5.69. The molecule has 170 valence electrons. The van der Waals surface area contributed by atoms with Crippen LogP contribution in [0.1, 0.15) is 11.4 Å². The lowest BCUT2D eigenvalue weighted by Gasteiger charge is -2.13. The van der Waals surface area contributed by atoms with Crippen LogP contribution in [0.15, 0.2) is 78.9 Å². The van der Waals surface area contributed by atoms with Crippen molar-refractivity contribution in [1.82, 2.24) is 9.38 Å². The van der Waals surface area contributed by atoms with Gasteiger partial charge in [0.2, 0.25) is 16.9 Å². The quantitative estimate of drug-likeness (QED) is 0.185. The van der Waals surface area contributed by atoms with Gasteiger partial charge in [0.05, 0.1) is 16.6 Å². The van der Waals surface area contributed by atoms with Crippen LogP contribution in [0.5, 0.6) is 0 Å². The summed E-state index contributed by atoms with van der Waals surface area (Å²) in [7, 11) is 1.70. The summed E-state index contributed by atoms with van der Waals surface area (Å²) in [5.41, 5.74) is 3.44. The average Bonchev–Trinajstić information content (AvgIpc) is 3.34. The number of benzene rings is 4. The van der Waals surface area contributed by atoms with Crippen molar-refractivity contribution >= 4 is 49.0 Å². The third-order valence-corrected chi connectivity index (χ3v) is 7.16. The summed E-state index contributed by atoms with van der Waals surface area (Å²) in [6.45, 7) is 1.89. The number of alkyl halides is 3. The lowest BCUT2D eigenvalue weighted by Crippen LogP contribution is -2.36. The lowest BCUT2D eigenvalue weighted by atomic mass is 10.0. The minimum absolute atomic E-state index is 0.0815. The molecule has 3 heterocycles. The first-order valence-electron chi connectivity index (χ1n) is 11.4. The standard InChI is InChI=1S/C29H19F3N3/c1-16-25(21-12-7-11-20-19-10-5-6-13-23(19)35(16)26(20)21)27-28(29(30,31)32)33-22-14-17-8-3-4-9-18(17)15-24(22)34(27)2/h3-15H,1-2H3/q+1. The van der Waals surface area contributed by atoms with E-state index in [-0.39, 0.29) is 5.69 Å². The highest BCUT2D eigenvalue weighted by molar-refractivity contribution is 6.18. The maximum absolute atomic E-state index is 14.5. The predicted molar refractivity (Wildman–Crippen MR) is 133 cm³/mol. The van der Waals surface area contributed by atoms with E-state index in [0.29, 0.717) is 16.6 Å². The smallest absolute Gasteiger partial charge is 0.312 e. The molecule has 0 saturated carbocycles. The van der Waals surface area contributed by atoms with Gasteiger partial charge in [0, 0.05) is 27.9 Å². The zero-order valence-corrected chi connectivity index (χ0v) is 19.0. The van der Waals surface area contributed by atoms with Gasteiger partial charge < -0.3 is 4.40 Å². The summed E-state index contributed by atoms with van der Waals surface area (Å²) in [4.78, 5) is 4.22. The van der Waals surface area contributed by atoms with Crippen LogP contribution >= 0.6 is 0 Å². The molecule has 4 aromatic carbocycles. The largest absolute Gasteiger partial charge is 0.440 e. The van der Waals surface area contributed by atoms with Crippen molar-refractivity contribution in [2.75, 3.05) is 0 Å². The van der Waals surface area contributed by atoms with Crippen LogP contribution in [0, 0.1) is 6.92 Å². The second kappa shape index (κ2) is 6.69. The molecule has 0 unspecified atom stereocenters. The van der Waals surface area contributed by atoms with Crippen LogP contribution in [0.2, 0.25) is 0 Å². The number of aryl methyl sites for hydroxylation is 2. The van der Waals surface area contributed by atoms with E-state index in [1.54, 1.807) is 17.7 Å². The molecule has 0 fully saturated rings. The number of para-hydroxylation sites is 2. The number of rotatable bonds is 1. The highest BCUT2D eigenvalue weighted by Gasteiger charge is 2.43. The summed E-state index contributed by atoms with van der Waals surface area (Å²) in [6, 6.07) is 25.2. The van der Waals surface area contributed by atoms with Gasteiger partial charge in [-0.1, -0.05) is 60.7 Å². The van der Waals surface area contributed by atoms with Gasteiger partial charge in [-0.05, 0) is 29.8 Å².